The van der Waals surface area contributed by atoms with Gasteiger partial charge in [0, 0.05) is 72.1 Å². The molecule has 0 bridgehead atoms. The first-order valence-electron chi connectivity index (χ1n) is 21.6. The Morgan fingerprint density at radius 3 is 1.35 bits per heavy atom. The van der Waals surface area contributed by atoms with Crippen LogP contribution in [0.3, 0.4) is 0 Å². The number of aromatic nitrogens is 12. The predicted octanol–water partition coefficient (Wildman–Crippen LogP) is 11.3. The van der Waals surface area contributed by atoms with Crippen molar-refractivity contribution in [3.05, 3.63) is 176 Å². The lowest BCUT2D eigenvalue weighted by Gasteiger charge is -2.02. The predicted molar refractivity (Wildman–Crippen MR) is 258 cm³/mol. The molecule has 1 aliphatic rings. The summed E-state index contributed by atoms with van der Waals surface area (Å²) in [5, 5.41) is 0. The first-order chi connectivity index (χ1) is 32.6. The quantitative estimate of drug-likeness (QED) is 0.128. The Hall–Kier alpha value is -9.23. The molecule has 4 N–H and O–H groups in total. The van der Waals surface area contributed by atoms with Crippen molar-refractivity contribution in [2.24, 2.45) is 0 Å². The third-order valence-corrected chi connectivity index (χ3v) is 12.1. The molecule has 13 heteroatoms. The number of H-pyrrole nitrogens is 4. The van der Waals surface area contributed by atoms with Crippen molar-refractivity contribution < 1.29 is 4.74 Å². The van der Waals surface area contributed by atoms with Crippen LogP contribution in [0.25, 0.3) is 118 Å². The van der Waals surface area contributed by atoms with Gasteiger partial charge < -0.3 is 29.1 Å². The van der Waals surface area contributed by atoms with Crippen LogP contribution in [0.2, 0.25) is 0 Å². The van der Waals surface area contributed by atoms with Crippen molar-refractivity contribution in [3.63, 3.8) is 0 Å². The first-order valence-corrected chi connectivity index (χ1v) is 21.6. The van der Waals surface area contributed by atoms with Crippen LogP contribution in [0.1, 0.15) is 5.56 Å². The smallest absolute Gasteiger partial charge is 0.139 e. The number of nitrogens with zero attached hydrogens (tertiary/aromatic N) is 8. The van der Waals surface area contributed by atoms with Crippen molar-refractivity contribution in [1.29, 1.82) is 0 Å². The highest BCUT2D eigenvalue weighted by molar-refractivity contribution is 5.90. The highest BCUT2D eigenvalue weighted by Gasteiger charge is 2.16. The maximum atomic E-state index is 5.63. The number of rotatable bonds is 6. The van der Waals surface area contributed by atoms with E-state index >= 15 is 0 Å². The highest BCUT2D eigenvalue weighted by Crippen LogP contribution is 2.33. The Bertz CT molecular complexity index is 3940. The van der Waals surface area contributed by atoms with E-state index in [1.165, 1.54) is 5.56 Å². The normalized spacial score (nSPS) is 12.2. The van der Waals surface area contributed by atoms with Gasteiger partial charge in [0.25, 0.3) is 0 Å². The zero-order chi connectivity index (χ0) is 43.6. The Balaban J connectivity index is 0.000000132. The monoisotopic (exact) mass is 856 g/mol. The molecule has 13 nitrogen and oxygen atoms in total. The Morgan fingerprint density at radius 2 is 0.848 bits per heavy atom. The first kappa shape index (κ1) is 37.3. The van der Waals surface area contributed by atoms with Crippen LogP contribution in [-0.2, 0) is 6.42 Å². The molecule has 0 amide bonds. The average Bonchev–Trinajstić information content (AvgIpc) is 4.24. The third kappa shape index (κ3) is 6.78. The zero-order valence-electron chi connectivity index (χ0n) is 35.1. The van der Waals surface area contributed by atoms with Crippen molar-refractivity contribution in [2.75, 3.05) is 6.61 Å². The standard InChI is InChI=1S/C27H19N5O.C26H17N7/c1-4-21-23(31-26(29-21)16-7-10-28-11-8-16)14-17(1)18-2-5-22-24(15-18)32-27(30-22)20-3-6-25-19(13-20)9-12-33-25;1-4-20-22(31-25(29-20)16-7-9-27-10-8-16)13-17(1)18-2-5-21-23(14-18)32-26(30-21)19-3-6-24-28-11-12-33(24)15-19/h1-8,10-11,13-15H,9,12H2,(H,29,31)(H,30,32);1-15H,(H,29,31)(H,30,32). The summed E-state index contributed by atoms with van der Waals surface area (Å²) < 4.78 is 7.62. The van der Waals surface area contributed by atoms with Crippen LogP contribution in [0.5, 0.6) is 5.75 Å². The minimum absolute atomic E-state index is 0.757. The summed E-state index contributed by atoms with van der Waals surface area (Å²) >= 11 is 0. The SMILES string of the molecule is c1cc(-c2nc3ccc(-c4ccc5nc(-c6ccc7c(c6)CCO7)[nH]c5c4)cc3[nH]2)ccn1.c1cc(-c2nc3ccc(-c4ccc5nc(-c6ccc7nccn7c6)[nH]c5c4)cc3[nH]2)ccn1. The van der Waals surface area contributed by atoms with Crippen molar-refractivity contribution >= 4 is 49.8 Å². The van der Waals surface area contributed by atoms with E-state index in [1.807, 2.05) is 59.3 Å². The summed E-state index contributed by atoms with van der Waals surface area (Å²) in [6.07, 6.45) is 13.8. The van der Waals surface area contributed by atoms with Crippen LogP contribution in [0, 0.1) is 0 Å². The topological polar surface area (TPSA) is 167 Å². The molecule has 0 saturated carbocycles. The lowest BCUT2D eigenvalue weighted by atomic mass is 10.0. The van der Waals surface area contributed by atoms with E-state index in [-0.39, 0.29) is 0 Å². The van der Waals surface area contributed by atoms with Gasteiger partial charge in [-0.05, 0) is 131 Å². The van der Waals surface area contributed by atoms with Gasteiger partial charge in [-0.15, -0.1) is 0 Å². The summed E-state index contributed by atoms with van der Waals surface area (Å²) in [6, 6.07) is 43.4. The minimum Gasteiger partial charge on any atom is -0.493 e. The summed E-state index contributed by atoms with van der Waals surface area (Å²) in [5.74, 6) is 4.39. The molecule has 0 radical (unpaired) electrons. The average molecular weight is 857 g/mol. The van der Waals surface area contributed by atoms with E-state index in [1.54, 1.807) is 31.0 Å². The van der Waals surface area contributed by atoms with Gasteiger partial charge in [-0.25, -0.2) is 24.9 Å². The number of aromatic amines is 4. The molecule has 0 fully saturated rings. The Kier molecular flexibility index (Phi) is 8.62. The number of hydrogen-bond donors (Lipinski definition) is 4. The second-order valence-corrected chi connectivity index (χ2v) is 16.3. The lowest BCUT2D eigenvalue weighted by Crippen LogP contribution is -1.86. The molecule has 13 aromatic rings. The molecule has 0 spiro atoms. The maximum Gasteiger partial charge on any atom is 0.139 e. The van der Waals surface area contributed by atoms with Gasteiger partial charge in [0.1, 0.15) is 34.7 Å². The van der Waals surface area contributed by atoms with Gasteiger partial charge in [0.05, 0.1) is 50.7 Å². The van der Waals surface area contributed by atoms with E-state index in [0.29, 0.717) is 0 Å². The number of ether oxygens (including phenoxy) is 1. The van der Waals surface area contributed by atoms with Crippen molar-refractivity contribution in [2.45, 2.75) is 6.42 Å². The second kappa shape index (κ2) is 15.2. The van der Waals surface area contributed by atoms with Crippen LogP contribution < -0.4 is 4.74 Å². The Morgan fingerprint density at radius 1 is 0.409 bits per heavy atom. The minimum atomic E-state index is 0.757. The largest absolute Gasteiger partial charge is 0.493 e. The molecule has 0 saturated heterocycles. The van der Waals surface area contributed by atoms with Gasteiger partial charge >= 0.3 is 0 Å². The fraction of sp³-hybridized carbons (Fsp3) is 0.0377. The van der Waals surface area contributed by atoms with E-state index in [9.17, 15) is 0 Å². The van der Waals surface area contributed by atoms with Gasteiger partial charge in [-0.3, -0.25) is 9.97 Å². The summed E-state index contributed by atoms with van der Waals surface area (Å²) in [5.41, 5.74) is 18.6. The molecule has 14 rings (SSSR count). The lowest BCUT2D eigenvalue weighted by molar-refractivity contribution is 0.357. The second-order valence-electron chi connectivity index (χ2n) is 16.3. The van der Waals surface area contributed by atoms with E-state index in [0.717, 1.165) is 136 Å². The van der Waals surface area contributed by atoms with E-state index in [2.05, 4.69) is 120 Å². The highest BCUT2D eigenvalue weighted by atomic mass is 16.5. The number of benzene rings is 5. The number of nitrogens with one attached hydrogen (secondary N) is 4. The molecule has 66 heavy (non-hydrogen) atoms. The summed E-state index contributed by atoms with van der Waals surface area (Å²) in [7, 11) is 0. The van der Waals surface area contributed by atoms with Crippen LogP contribution in [-0.4, -0.2) is 65.8 Å². The van der Waals surface area contributed by atoms with Crippen LogP contribution in [0.4, 0.5) is 0 Å². The van der Waals surface area contributed by atoms with E-state index < -0.39 is 0 Å². The number of fused-ring (bicyclic) bond motifs is 6. The molecule has 0 unspecified atom stereocenters. The molecule has 0 aliphatic carbocycles. The van der Waals surface area contributed by atoms with Crippen molar-refractivity contribution in [3.8, 4) is 73.6 Å². The fourth-order valence-electron chi connectivity index (χ4n) is 8.72. The molecule has 9 heterocycles. The van der Waals surface area contributed by atoms with Gasteiger partial charge in [-0.1, -0.05) is 24.3 Å². The van der Waals surface area contributed by atoms with E-state index in [4.69, 9.17) is 24.7 Å². The number of imidazole rings is 5. The van der Waals surface area contributed by atoms with Gasteiger partial charge in [0.2, 0.25) is 0 Å². The molecule has 8 aromatic heterocycles. The molecule has 5 aromatic carbocycles. The molecular weight excluding hydrogens is 821 g/mol. The molecule has 314 valence electrons. The number of hydrogen-bond acceptors (Lipinski definition) is 8. The third-order valence-electron chi connectivity index (χ3n) is 12.1. The maximum absolute atomic E-state index is 5.63. The fourth-order valence-corrected chi connectivity index (χ4v) is 8.72. The molecular formula is C53H36N12O. The number of pyridine rings is 3. The van der Waals surface area contributed by atoms with Crippen molar-refractivity contribution in [1.82, 2.24) is 59.2 Å². The molecule has 1 aliphatic heterocycles. The van der Waals surface area contributed by atoms with Gasteiger partial charge in [0.15, 0.2) is 0 Å². The van der Waals surface area contributed by atoms with Crippen LogP contribution >= 0.6 is 0 Å². The van der Waals surface area contributed by atoms with Gasteiger partial charge in [-0.2, -0.15) is 0 Å². The zero-order valence-corrected chi connectivity index (χ0v) is 35.1. The molecule has 0 atom stereocenters. The summed E-state index contributed by atoms with van der Waals surface area (Å²) in [4.78, 5) is 45.3. The van der Waals surface area contributed by atoms with Crippen LogP contribution in [0.15, 0.2) is 171 Å². The Labute approximate surface area is 375 Å². The summed E-state index contributed by atoms with van der Waals surface area (Å²) in [6.45, 7) is 0.757.